The van der Waals surface area contributed by atoms with E-state index >= 15 is 0 Å². The van der Waals surface area contributed by atoms with Crippen LogP contribution in [0.4, 0.5) is 5.82 Å². The molecule has 0 aliphatic carbocycles. The second-order valence-corrected chi connectivity index (χ2v) is 4.07. The number of aryl methyl sites for hydroxylation is 1. The third kappa shape index (κ3) is 4.04. The molecule has 0 fully saturated rings. The highest BCUT2D eigenvalue weighted by Gasteiger charge is 2.04. The fourth-order valence-electron chi connectivity index (χ4n) is 1.45. The molecule has 0 saturated carbocycles. The summed E-state index contributed by atoms with van der Waals surface area (Å²) < 4.78 is 0. The molecule has 1 N–H and O–H groups in total. The molecule has 0 bridgehead atoms. The van der Waals surface area contributed by atoms with Crippen molar-refractivity contribution < 1.29 is 0 Å². The Morgan fingerprint density at radius 2 is 2.00 bits per heavy atom. The van der Waals surface area contributed by atoms with E-state index in [0.717, 1.165) is 18.1 Å². The molecular formula is C11H18ClN3. The van der Waals surface area contributed by atoms with Crippen LogP contribution in [0.5, 0.6) is 0 Å². The first-order valence-corrected chi connectivity index (χ1v) is 5.78. The Morgan fingerprint density at radius 1 is 1.33 bits per heavy atom. The lowest BCUT2D eigenvalue weighted by atomic mass is 10.0. The summed E-state index contributed by atoms with van der Waals surface area (Å²) in [5.74, 6) is 1.51. The van der Waals surface area contributed by atoms with E-state index in [0.29, 0.717) is 11.2 Å². The smallest absolute Gasteiger partial charge is 0.224 e. The maximum Gasteiger partial charge on any atom is 0.224 e. The minimum absolute atomic E-state index is 0.307. The SMILES string of the molecule is CCC(CC)CNc1cc(C)nc(Cl)n1. The Hall–Kier alpha value is -0.830. The molecule has 1 rings (SSSR count). The molecule has 0 saturated heterocycles. The fraction of sp³-hybridized carbons (Fsp3) is 0.636. The molecule has 0 spiro atoms. The van der Waals surface area contributed by atoms with Crippen molar-refractivity contribution >= 4 is 17.4 Å². The summed E-state index contributed by atoms with van der Waals surface area (Å²) in [5, 5.41) is 3.60. The molecule has 0 amide bonds. The topological polar surface area (TPSA) is 37.8 Å². The maximum absolute atomic E-state index is 5.77. The minimum Gasteiger partial charge on any atom is -0.370 e. The number of nitrogens with one attached hydrogen (secondary N) is 1. The number of halogens is 1. The number of hydrogen-bond acceptors (Lipinski definition) is 3. The van der Waals surface area contributed by atoms with Crippen molar-refractivity contribution in [2.24, 2.45) is 5.92 Å². The highest BCUT2D eigenvalue weighted by molar-refractivity contribution is 6.28. The summed E-state index contributed by atoms with van der Waals surface area (Å²) in [6, 6.07) is 1.91. The maximum atomic E-state index is 5.77. The van der Waals surface area contributed by atoms with E-state index in [1.54, 1.807) is 0 Å². The lowest BCUT2D eigenvalue weighted by molar-refractivity contribution is 0.518. The summed E-state index contributed by atoms with van der Waals surface area (Å²) in [6.45, 7) is 7.26. The molecular weight excluding hydrogens is 210 g/mol. The average molecular weight is 228 g/mol. The highest BCUT2D eigenvalue weighted by atomic mass is 35.5. The van der Waals surface area contributed by atoms with Gasteiger partial charge in [0.25, 0.3) is 0 Å². The van der Waals surface area contributed by atoms with Gasteiger partial charge in [0.2, 0.25) is 5.28 Å². The monoisotopic (exact) mass is 227 g/mol. The molecule has 3 nitrogen and oxygen atoms in total. The van der Waals surface area contributed by atoms with Gasteiger partial charge in [-0.05, 0) is 24.4 Å². The van der Waals surface area contributed by atoms with E-state index in [4.69, 9.17) is 11.6 Å². The molecule has 0 aliphatic heterocycles. The third-order valence-electron chi connectivity index (χ3n) is 2.55. The molecule has 0 aromatic carbocycles. The van der Waals surface area contributed by atoms with Crippen LogP contribution in [0.3, 0.4) is 0 Å². The van der Waals surface area contributed by atoms with Crippen molar-refractivity contribution in [3.8, 4) is 0 Å². The molecule has 1 aromatic rings. The largest absolute Gasteiger partial charge is 0.370 e. The second kappa shape index (κ2) is 5.91. The molecule has 0 aliphatic rings. The first-order valence-electron chi connectivity index (χ1n) is 5.40. The average Bonchev–Trinajstić information content (AvgIpc) is 2.18. The lowest BCUT2D eigenvalue weighted by Crippen LogP contribution is -2.13. The summed E-state index contributed by atoms with van der Waals surface area (Å²) in [4.78, 5) is 8.13. The van der Waals surface area contributed by atoms with Crippen LogP contribution in [0.1, 0.15) is 32.4 Å². The zero-order valence-corrected chi connectivity index (χ0v) is 10.3. The van der Waals surface area contributed by atoms with Crippen molar-refractivity contribution in [2.45, 2.75) is 33.6 Å². The third-order valence-corrected chi connectivity index (χ3v) is 2.72. The Kier molecular flexibility index (Phi) is 4.82. The van der Waals surface area contributed by atoms with Gasteiger partial charge in [-0.2, -0.15) is 0 Å². The molecule has 1 heterocycles. The first-order chi connectivity index (χ1) is 7.15. The second-order valence-electron chi connectivity index (χ2n) is 3.73. The number of hydrogen-bond donors (Lipinski definition) is 1. The first kappa shape index (κ1) is 12.2. The zero-order valence-electron chi connectivity index (χ0n) is 9.55. The van der Waals surface area contributed by atoms with E-state index in [-0.39, 0.29) is 0 Å². The predicted molar refractivity (Wildman–Crippen MR) is 64.3 cm³/mol. The van der Waals surface area contributed by atoms with Crippen LogP contribution in [0.2, 0.25) is 5.28 Å². The van der Waals surface area contributed by atoms with E-state index in [1.807, 2.05) is 13.0 Å². The van der Waals surface area contributed by atoms with Crippen LogP contribution in [0.15, 0.2) is 6.07 Å². The Labute approximate surface area is 96.3 Å². The van der Waals surface area contributed by atoms with Gasteiger partial charge < -0.3 is 5.32 Å². The number of rotatable bonds is 5. The van der Waals surface area contributed by atoms with Crippen LogP contribution >= 0.6 is 11.6 Å². The quantitative estimate of drug-likeness (QED) is 0.785. The van der Waals surface area contributed by atoms with Gasteiger partial charge in [-0.15, -0.1) is 0 Å². The molecule has 0 radical (unpaired) electrons. The van der Waals surface area contributed by atoms with Gasteiger partial charge in [-0.1, -0.05) is 26.7 Å². The molecule has 4 heteroatoms. The normalized spacial score (nSPS) is 10.7. The van der Waals surface area contributed by atoms with E-state index in [9.17, 15) is 0 Å². The van der Waals surface area contributed by atoms with Gasteiger partial charge in [0.1, 0.15) is 5.82 Å². The number of nitrogens with zero attached hydrogens (tertiary/aromatic N) is 2. The van der Waals surface area contributed by atoms with Gasteiger partial charge >= 0.3 is 0 Å². The number of aromatic nitrogens is 2. The molecule has 1 aromatic heterocycles. The Bertz CT molecular complexity index is 290. The Morgan fingerprint density at radius 3 is 2.53 bits per heavy atom. The van der Waals surface area contributed by atoms with Crippen LogP contribution in [-0.2, 0) is 0 Å². The van der Waals surface area contributed by atoms with Crippen molar-refractivity contribution in [2.75, 3.05) is 11.9 Å². The number of anilines is 1. The Balaban J connectivity index is 2.57. The fourth-order valence-corrected chi connectivity index (χ4v) is 1.67. The van der Waals surface area contributed by atoms with E-state index in [1.165, 1.54) is 12.8 Å². The molecule has 0 unspecified atom stereocenters. The summed E-state index contributed by atoms with van der Waals surface area (Å²) in [7, 11) is 0. The lowest BCUT2D eigenvalue weighted by Gasteiger charge is -2.13. The van der Waals surface area contributed by atoms with Gasteiger partial charge in [0, 0.05) is 18.3 Å². The van der Waals surface area contributed by atoms with Crippen LogP contribution in [0.25, 0.3) is 0 Å². The molecule has 15 heavy (non-hydrogen) atoms. The summed E-state index contributed by atoms with van der Waals surface area (Å²) in [6.07, 6.45) is 2.36. The summed E-state index contributed by atoms with van der Waals surface area (Å²) >= 11 is 5.77. The highest BCUT2D eigenvalue weighted by Crippen LogP contribution is 2.12. The van der Waals surface area contributed by atoms with Gasteiger partial charge in [-0.3, -0.25) is 0 Å². The van der Waals surface area contributed by atoms with Crippen LogP contribution in [0, 0.1) is 12.8 Å². The minimum atomic E-state index is 0.307. The summed E-state index contributed by atoms with van der Waals surface area (Å²) in [5.41, 5.74) is 0.891. The zero-order chi connectivity index (χ0) is 11.3. The van der Waals surface area contributed by atoms with Crippen LogP contribution in [-0.4, -0.2) is 16.5 Å². The van der Waals surface area contributed by atoms with E-state index in [2.05, 4.69) is 29.1 Å². The van der Waals surface area contributed by atoms with Gasteiger partial charge in [0.05, 0.1) is 0 Å². The van der Waals surface area contributed by atoms with Crippen molar-refractivity contribution in [1.82, 2.24) is 9.97 Å². The predicted octanol–water partition coefficient (Wildman–Crippen LogP) is 3.29. The van der Waals surface area contributed by atoms with Crippen molar-refractivity contribution in [3.05, 3.63) is 17.0 Å². The van der Waals surface area contributed by atoms with Crippen molar-refractivity contribution in [1.29, 1.82) is 0 Å². The molecule has 84 valence electrons. The van der Waals surface area contributed by atoms with Gasteiger partial charge in [-0.25, -0.2) is 9.97 Å². The van der Waals surface area contributed by atoms with Gasteiger partial charge in [0.15, 0.2) is 0 Å². The molecule has 0 atom stereocenters. The van der Waals surface area contributed by atoms with E-state index < -0.39 is 0 Å². The van der Waals surface area contributed by atoms with Crippen molar-refractivity contribution in [3.63, 3.8) is 0 Å². The van der Waals surface area contributed by atoms with Crippen LogP contribution < -0.4 is 5.32 Å². The standard InChI is InChI=1S/C11H18ClN3/c1-4-9(5-2)7-13-10-6-8(3)14-11(12)15-10/h6,9H,4-5,7H2,1-3H3,(H,13,14,15).